The Morgan fingerprint density at radius 3 is 2.55 bits per heavy atom. The average Bonchev–Trinajstić information content (AvgIpc) is 3.39. The van der Waals surface area contributed by atoms with E-state index in [1.54, 1.807) is 35.5 Å². The molecule has 8 nitrogen and oxygen atoms in total. The Hall–Kier alpha value is -2.90. The van der Waals surface area contributed by atoms with Crippen LogP contribution in [0.25, 0.3) is 17.0 Å². The van der Waals surface area contributed by atoms with E-state index in [2.05, 4.69) is 10.00 Å². The van der Waals surface area contributed by atoms with Crippen molar-refractivity contribution in [3.8, 4) is 0 Å². The monoisotopic (exact) mass is 565 g/mol. The third kappa shape index (κ3) is 5.45. The summed E-state index contributed by atoms with van der Waals surface area (Å²) in [4.78, 5) is 28.0. The number of aromatic nitrogens is 2. The third-order valence-electron chi connectivity index (χ3n) is 6.48. The molecular weight excluding hydrogens is 543 g/mol. The molecule has 3 heterocycles. The number of aliphatic hydroxyl groups excluding tert-OH is 1. The first kappa shape index (κ1) is 26.7. The molecule has 3 aromatic rings. The van der Waals surface area contributed by atoms with E-state index in [0.717, 1.165) is 17.8 Å². The summed E-state index contributed by atoms with van der Waals surface area (Å²) in [6.45, 7) is 2.80. The Balaban J connectivity index is 1.34. The number of alkyl halides is 3. The molecular formula is C25H23ClF3N5O3S. The van der Waals surface area contributed by atoms with E-state index in [4.69, 9.17) is 16.7 Å². The highest BCUT2D eigenvalue weighted by molar-refractivity contribution is 8.18. The van der Waals surface area contributed by atoms with Gasteiger partial charge in [0, 0.05) is 43.1 Å². The highest BCUT2D eigenvalue weighted by Crippen LogP contribution is 2.36. The molecule has 0 radical (unpaired) electrons. The smallest absolute Gasteiger partial charge is 0.395 e. The Labute approximate surface area is 225 Å². The van der Waals surface area contributed by atoms with Crippen LogP contribution >= 0.6 is 23.4 Å². The van der Waals surface area contributed by atoms with Gasteiger partial charge in [0.2, 0.25) is 0 Å². The van der Waals surface area contributed by atoms with Crippen LogP contribution in [0, 0.1) is 0 Å². The van der Waals surface area contributed by atoms with Crippen molar-refractivity contribution in [3.63, 3.8) is 0 Å². The second kappa shape index (κ2) is 10.7. The van der Waals surface area contributed by atoms with Crippen LogP contribution in [0.4, 0.5) is 18.0 Å². The molecule has 0 spiro atoms. The molecule has 0 unspecified atom stereocenters. The number of carbonyl (C=O) groups excluding carboxylic acids is 2. The van der Waals surface area contributed by atoms with Crippen LogP contribution in [0.1, 0.15) is 16.7 Å². The van der Waals surface area contributed by atoms with Crippen molar-refractivity contribution < 1.29 is 27.9 Å². The van der Waals surface area contributed by atoms with Crippen LogP contribution in [-0.2, 0) is 17.5 Å². The number of benzene rings is 2. The molecule has 0 saturated carbocycles. The number of fused-ring (bicyclic) bond motifs is 1. The van der Waals surface area contributed by atoms with E-state index >= 15 is 0 Å². The van der Waals surface area contributed by atoms with Gasteiger partial charge in [-0.25, -0.2) is 5.01 Å². The summed E-state index contributed by atoms with van der Waals surface area (Å²) in [5, 5.41) is 16.6. The molecule has 2 fully saturated rings. The Morgan fingerprint density at radius 2 is 1.84 bits per heavy atom. The van der Waals surface area contributed by atoms with Gasteiger partial charge in [0.1, 0.15) is 0 Å². The Morgan fingerprint density at radius 1 is 1.08 bits per heavy atom. The number of aliphatic hydroxyl groups is 1. The van der Waals surface area contributed by atoms with Crippen molar-refractivity contribution in [2.45, 2.75) is 12.7 Å². The van der Waals surface area contributed by atoms with Gasteiger partial charge in [-0.15, -0.1) is 0 Å². The van der Waals surface area contributed by atoms with Gasteiger partial charge in [-0.05, 0) is 53.2 Å². The molecule has 1 N–H and O–H groups in total. The fourth-order valence-electron chi connectivity index (χ4n) is 4.59. The predicted molar refractivity (Wildman–Crippen MR) is 138 cm³/mol. The van der Waals surface area contributed by atoms with E-state index in [-0.39, 0.29) is 33.9 Å². The van der Waals surface area contributed by atoms with Crippen LogP contribution in [0.2, 0.25) is 5.02 Å². The summed E-state index contributed by atoms with van der Waals surface area (Å²) in [6, 6.07) is 8.89. The minimum absolute atomic E-state index is 0.00408. The highest BCUT2D eigenvalue weighted by atomic mass is 35.5. The molecule has 200 valence electrons. The maximum atomic E-state index is 13.5. The Kier molecular flexibility index (Phi) is 7.51. The number of nitrogens with zero attached hydrogens (tertiary/aromatic N) is 5. The Bertz CT molecular complexity index is 1420. The number of carbonyl (C=O) groups is 2. The zero-order valence-electron chi connectivity index (χ0n) is 20.0. The first-order chi connectivity index (χ1) is 18.1. The second-order valence-corrected chi connectivity index (χ2v) is 10.4. The van der Waals surface area contributed by atoms with E-state index in [1.165, 1.54) is 21.8 Å². The molecule has 2 aliphatic heterocycles. The van der Waals surface area contributed by atoms with E-state index in [1.807, 2.05) is 0 Å². The largest absolute Gasteiger partial charge is 0.416 e. The van der Waals surface area contributed by atoms with E-state index < -0.39 is 17.6 Å². The minimum atomic E-state index is -4.55. The molecule has 1 aromatic heterocycles. The number of β-amino-alcohol motifs (C(OH)–C–C–N with tert-alkyl or cyclic N) is 1. The van der Waals surface area contributed by atoms with Crippen molar-refractivity contribution >= 4 is 51.5 Å². The molecule has 38 heavy (non-hydrogen) atoms. The van der Waals surface area contributed by atoms with E-state index in [0.29, 0.717) is 49.2 Å². The molecule has 0 atom stereocenters. The first-order valence-electron chi connectivity index (χ1n) is 11.8. The van der Waals surface area contributed by atoms with Gasteiger partial charge in [0.15, 0.2) is 0 Å². The number of halogens is 4. The van der Waals surface area contributed by atoms with Crippen molar-refractivity contribution in [1.82, 2.24) is 24.7 Å². The van der Waals surface area contributed by atoms with Gasteiger partial charge in [-0.2, -0.15) is 23.3 Å². The van der Waals surface area contributed by atoms with Crippen molar-refractivity contribution in [3.05, 3.63) is 69.2 Å². The fourth-order valence-corrected chi connectivity index (χ4v) is 5.60. The maximum Gasteiger partial charge on any atom is 0.416 e. The summed E-state index contributed by atoms with van der Waals surface area (Å²) in [5.74, 6) is -0.395. The second-order valence-electron chi connectivity index (χ2n) is 8.93. The van der Waals surface area contributed by atoms with Crippen LogP contribution in [-0.4, -0.2) is 80.3 Å². The summed E-state index contributed by atoms with van der Waals surface area (Å²) in [6.07, 6.45) is -1.37. The van der Waals surface area contributed by atoms with Crippen LogP contribution < -0.4 is 0 Å². The normalized spacial score (nSPS) is 18.9. The standard InChI is InChI=1S/C25H23ClF3N5O3S/c26-19-3-2-17(20(13-19)25(27,28)29)15-33-21-4-1-16(11-18(21)14-30-33)12-22-23(36)34(24(37)38-22)32-7-5-31(6-8-32)9-10-35/h1-4,11-14,35H,5-10,15H2/b22-12-. The number of piperazine rings is 1. The zero-order chi connectivity index (χ0) is 27.0. The van der Waals surface area contributed by atoms with Gasteiger partial charge in [0.05, 0.1) is 35.3 Å². The van der Waals surface area contributed by atoms with Crippen LogP contribution in [0.5, 0.6) is 0 Å². The zero-order valence-corrected chi connectivity index (χ0v) is 21.6. The average molecular weight is 566 g/mol. The van der Waals surface area contributed by atoms with Crippen molar-refractivity contribution in [2.75, 3.05) is 39.3 Å². The van der Waals surface area contributed by atoms with Gasteiger partial charge in [-0.1, -0.05) is 23.7 Å². The van der Waals surface area contributed by atoms with Gasteiger partial charge < -0.3 is 5.11 Å². The van der Waals surface area contributed by atoms with E-state index in [9.17, 15) is 22.8 Å². The number of amides is 2. The van der Waals surface area contributed by atoms with Crippen molar-refractivity contribution in [2.24, 2.45) is 0 Å². The number of hydrogen-bond donors (Lipinski definition) is 1. The van der Waals surface area contributed by atoms with Gasteiger partial charge in [0.25, 0.3) is 5.91 Å². The summed E-state index contributed by atoms with van der Waals surface area (Å²) in [7, 11) is 0. The number of rotatable bonds is 6. The topological polar surface area (TPSA) is 81.9 Å². The molecule has 2 aromatic carbocycles. The fraction of sp³-hybridized carbons (Fsp3) is 0.320. The van der Waals surface area contributed by atoms with Crippen LogP contribution in [0.3, 0.4) is 0 Å². The van der Waals surface area contributed by atoms with Crippen LogP contribution in [0.15, 0.2) is 47.5 Å². The lowest BCUT2D eigenvalue weighted by Crippen LogP contribution is -2.55. The summed E-state index contributed by atoms with van der Waals surface area (Å²) in [5.41, 5.74) is 0.523. The van der Waals surface area contributed by atoms with Crippen molar-refractivity contribution in [1.29, 1.82) is 0 Å². The minimum Gasteiger partial charge on any atom is -0.395 e. The molecule has 2 aliphatic rings. The lowest BCUT2D eigenvalue weighted by molar-refractivity contribution is -0.138. The molecule has 2 saturated heterocycles. The third-order valence-corrected chi connectivity index (χ3v) is 7.58. The molecule has 0 aliphatic carbocycles. The highest BCUT2D eigenvalue weighted by Gasteiger charge is 2.40. The van der Waals surface area contributed by atoms with Gasteiger partial charge in [-0.3, -0.25) is 19.2 Å². The number of imide groups is 1. The number of hydrogen-bond acceptors (Lipinski definition) is 7. The van der Waals surface area contributed by atoms with Gasteiger partial charge >= 0.3 is 11.4 Å². The lowest BCUT2D eigenvalue weighted by Gasteiger charge is -2.37. The number of hydrazine groups is 1. The predicted octanol–water partition coefficient (Wildman–Crippen LogP) is 4.32. The molecule has 0 bridgehead atoms. The summed E-state index contributed by atoms with van der Waals surface area (Å²) >= 11 is 6.65. The molecule has 5 rings (SSSR count). The number of thioether (sulfide) groups is 1. The SMILES string of the molecule is O=C1S/C(=C\c2ccc3c(cnn3Cc3ccc(Cl)cc3C(F)(F)F)c2)C(=O)N1N1CCN(CCO)CC1. The maximum absolute atomic E-state index is 13.5. The lowest BCUT2D eigenvalue weighted by atomic mass is 10.1. The molecule has 2 amide bonds. The summed E-state index contributed by atoms with van der Waals surface area (Å²) < 4.78 is 42.0. The quantitative estimate of drug-likeness (QED) is 0.446. The molecule has 13 heteroatoms. The first-order valence-corrected chi connectivity index (χ1v) is 13.0.